The number of nitrogens with two attached hydrogens (primary N) is 1. The molecule has 1 heterocycles. The molecule has 0 radical (unpaired) electrons. The van der Waals surface area contributed by atoms with E-state index >= 15 is 0 Å². The maximum atomic E-state index is 6.02. The summed E-state index contributed by atoms with van der Waals surface area (Å²) in [6, 6.07) is 6.59. The third-order valence-electron chi connectivity index (χ3n) is 2.91. The van der Waals surface area contributed by atoms with Gasteiger partial charge in [0.2, 0.25) is 0 Å². The lowest BCUT2D eigenvalue weighted by Gasteiger charge is -2.14. The van der Waals surface area contributed by atoms with Crippen molar-refractivity contribution in [2.75, 3.05) is 0 Å². The zero-order valence-electron chi connectivity index (χ0n) is 11.5. The van der Waals surface area contributed by atoms with Crippen molar-refractivity contribution >= 4 is 0 Å². The van der Waals surface area contributed by atoms with Crippen LogP contribution in [-0.2, 0) is 12.0 Å². The second-order valence-corrected chi connectivity index (χ2v) is 5.63. The van der Waals surface area contributed by atoms with E-state index in [1.165, 1.54) is 16.7 Å². The van der Waals surface area contributed by atoms with Crippen LogP contribution in [0.15, 0.2) is 24.4 Å². The second-order valence-electron chi connectivity index (χ2n) is 5.63. The molecular formula is C15H21N3. The summed E-state index contributed by atoms with van der Waals surface area (Å²) in [4.78, 5) is 7.71. The van der Waals surface area contributed by atoms with Crippen molar-refractivity contribution < 1.29 is 0 Å². The van der Waals surface area contributed by atoms with Gasteiger partial charge in [-0.1, -0.05) is 29.3 Å². The summed E-state index contributed by atoms with van der Waals surface area (Å²) in [5.74, 6) is 0.835. The molecule has 3 N–H and O–H groups in total. The highest BCUT2D eigenvalue weighted by Crippen LogP contribution is 2.16. The fourth-order valence-electron chi connectivity index (χ4n) is 2.16. The van der Waals surface area contributed by atoms with E-state index in [1.54, 1.807) is 0 Å². The number of hydrogen-bond donors (Lipinski definition) is 2. The van der Waals surface area contributed by atoms with Gasteiger partial charge < -0.3 is 10.7 Å². The summed E-state index contributed by atoms with van der Waals surface area (Å²) < 4.78 is 0. The van der Waals surface area contributed by atoms with Crippen molar-refractivity contribution in [3.05, 3.63) is 52.6 Å². The van der Waals surface area contributed by atoms with Gasteiger partial charge in [-0.25, -0.2) is 4.98 Å². The average Bonchev–Trinajstić information content (AvgIpc) is 2.63. The summed E-state index contributed by atoms with van der Waals surface area (Å²) in [6.45, 7) is 8.14. The zero-order chi connectivity index (χ0) is 13.3. The van der Waals surface area contributed by atoms with Gasteiger partial charge in [0, 0.05) is 12.6 Å². The minimum atomic E-state index is -0.416. The maximum Gasteiger partial charge on any atom is 0.125 e. The second kappa shape index (κ2) is 4.58. The quantitative estimate of drug-likeness (QED) is 0.871. The molecule has 0 atom stereocenters. The van der Waals surface area contributed by atoms with E-state index in [-0.39, 0.29) is 0 Å². The van der Waals surface area contributed by atoms with Crippen molar-refractivity contribution in [2.24, 2.45) is 5.73 Å². The first-order valence-electron chi connectivity index (χ1n) is 6.25. The van der Waals surface area contributed by atoms with Crippen LogP contribution >= 0.6 is 0 Å². The van der Waals surface area contributed by atoms with E-state index in [0.717, 1.165) is 17.9 Å². The molecule has 0 aliphatic heterocycles. The average molecular weight is 243 g/mol. The van der Waals surface area contributed by atoms with E-state index in [4.69, 9.17) is 5.73 Å². The Morgan fingerprint density at radius 2 is 1.78 bits per heavy atom. The molecule has 0 spiro atoms. The number of H-pyrrole nitrogens is 1. The van der Waals surface area contributed by atoms with Crippen LogP contribution < -0.4 is 5.73 Å². The number of aromatic amines is 1. The standard InChI is InChI=1S/C15H21N3/c1-10-5-11(2)7-12(6-10)8-13-9-17-14(18-13)15(3,4)16/h5-7,9H,8,16H2,1-4H3,(H,17,18). The maximum absolute atomic E-state index is 6.02. The van der Waals surface area contributed by atoms with Gasteiger partial charge >= 0.3 is 0 Å². The molecule has 1 aromatic heterocycles. The van der Waals surface area contributed by atoms with Gasteiger partial charge in [0.25, 0.3) is 0 Å². The monoisotopic (exact) mass is 243 g/mol. The third-order valence-corrected chi connectivity index (χ3v) is 2.91. The summed E-state index contributed by atoms with van der Waals surface area (Å²) >= 11 is 0. The first-order valence-corrected chi connectivity index (χ1v) is 6.25. The molecule has 0 aliphatic carbocycles. The van der Waals surface area contributed by atoms with Crippen molar-refractivity contribution in [2.45, 2.75) is 39.7 Å². The number of rotatable bonds is 3. The van der Waals surface area contributed by atoms with E-state index in [9.17, 15) is 0 Å². The Labute approximate surface area is 108 Å². The highest BCUT2D eigenvalue weighted by molar-refractivity contribution is 5.31. The fourth-order valence-corrected chi connectivity index (χ4v) is 2.16. The molecule has 96 valence electrons. The molecule has 0 aliphatic rings. The normalized spacial score (nSPS) is 11.8. The minimum Gasteiger partial charge on any atom is -0.347 e. The molecule has 2 aromatic rings. The van der Waals surface area contributed by atoms with Crippen LogP contribution in [0.5, 0.6) is 0 Å². The Hall–Kier alpha value is -1.61. The number of benzene rings is 1. The van der Waals surface area contributed by atoms with Gasteiger partial charge in [-0.3, -0.25) is 0 Å². The number of aryl methyl sites for hydroxylation is 2. The molecule has 3 nitrogen and oxygen atoms in total. The summed E-state index contributed by atoms with van der Waals surface area (Å²) in [5.41, 5.74) is 10.5. The molecule has 18 heavy (non-hydrogen) atoms. The molecule has 2 rings (SSSR count). The van der Waals surface area contributed by atoms with Gasteiger partial charge in [-0.05, 0) is 33.3 Å². The first-order chi connectivity index (χ1) is 8.34. The molecular weight excluding hydrogens is 222 g/mol. The van der Waals surface area contributed by atoms with Crippen molar-refractivity contribution in [3.8, 4) is 0 Å². The predicted molar refractivity (Wildman–Crippen MR) is 74.5 cm³/mol. The Morgan fingerprint density at radius 3 is 2.28 bits per heavy atom. The van der Waals surface area contributed by atoms with Crippen LogP contribution in [0.4, 0.5) is 0 Å². The fraction of sp³-hybridized carbons (Fsp3) is 0.400. The number of nitrogens with one attached hydrogen (secondary N) is 1. The zero-order valence-corrected chi connectivity index (χ0v) is 11.5. The lowest BCUT2D eigenvalue weighted by Crippen LogP contribution is -2.30. The number of nitrogens with zero attached hydrogens (tertiary/aromatic N) is 1. The van der Waals surface area contributed by atoms with Crippen LogP contribution in [-0.4, -0.2) is 9.97 Å². The number of imidazole rings is 1. The van der Waals surface area contributed by atoms with Gasteiger partial charge in [-0.2, -0.15) is 0 Å². The first kappa shape index (κ1) is 12.8. The smallest absolute Gasteiger partial charge is 0.125 e. The Bertz CT molecular complexity index is 527. The summed E-state index contributed by atoms with van der Waals surface area (Å²) in [5, 5.41) is 0. The molecule has 0 saturated heterocycles. The lowest BCUT2D eigenvalue weighted by molar-refractivity contribution is 0.519. The van der Waals surface area contributed by atoms with Gasteiger partial charge in [0.05, 0.1) is 11.2 Å². The highest BCUT2D eigenvalue weighted by atomic mass is 15.0. The molecule has 3 heteroatoms. The van der Waals surface area contributed by atoms with E-state index in [1.807, 2.05) is 20.0 Å². The Balaban J connectivity index is 2.21. The van der Waals surface area contributed by atoms with E-state index in [0.29, 0.717) is 0 Å². The SMILES string of the molecule is Cc1cc(C)cc(Cc2c[nH]c(C(C)(C)N)n2)c1. The van der Waals surface area contributed by atoms with Crippen molar-refractivity contribution in [1.82, 2.24) is 9.97 Å². The van der Waals surface area contributed by atoms with Crippen molar-refractivity contribution in [3.63, 3.8) is 0 Å². The minimum absolute atomic E-state index is 0.416. The largest absolute Gasteiger partial charge is 0.347 e. The van der Waals surface area contributed by atoms with E-state index < -0.39 is 5.54 Å². The Kier molecular flexibility index (Phi) is 3.26. The summed E-state index contributed by atoms with van der Waals surface area (Å²) in [7, 11) is 0. The van der Waals surface area contributed by atoms with Crippen LogP contribution in [0.1, 0.15) is 42.1 Å². The third kappa shape index (κ3) is 2.99. The molecule has 0 unspecified atom stereocenters. The van der Waals surface area contributed by atoms with Crippen LogP contribution in [0.25, 0.3) is 0 Å². The highest BCUT2D eigenvalue weighted by Gasteiger charge is 2.18. The molecule has 1 aromatic carbocycles. The molecule has 0 fully saturated rings. The van der Waals surface area contributed by atoms with E-state index in [2.05, 4.69) is 42.0 Å². The van der Waals surface area contributed by atoms with Crippen LogP contribution in [0.3, 0.4) is 0 Å². The molecule has 0 bridgehead atoms. The van der Waals surface area contributed by atoms with Gasteiger partial charge in [0.15, 0.2) is 0 Å². The van der Waals surface area contributed by atoms with Gasteiger partial charge in [-0.15, -0.1) is 0 Å². The van der Waals surface area contributed by atoms with Crippen molar-refractivity contribution in [1.29, 1.82) is 0 Å². The number of hydrogen-bond acceptors (Lipinski definition) is 2. The Morgan fingerprint density at radius 1 is 1.17 bits per heavy atom. The topological polar surface area (TPSA) is 54.7 Å². The van der Waals surface area contributed by atoms with Crippen LogP contribution in [0, 0.1) is 13.8 Å². The summed E-state index contributed by atoms with van der Waals surface area (Å²) in [6.07, 6.45) is 2.79. The number of aromatic nitrogens is 2. The lowest BCUT2D eigenvalue weighted by atomic mass is 10.0. The predicted octanol–water partition coefficient (Wildman–Crippen LogP) is 2.81. The van der Waals surface area contributed by atoms with Crippen LogP contribution in [0.2, 0.25) is 0 Å². The van der Waals surface area contributed by atoms with Gasteiger partial charge in [0.1, 0.15) is 5.82 Å². The molecule has 0 amide bonds. The molecule has 0 saturated carbocycles.